The van der Waals surface area contributed by atoms with Crippen molar-refractivity contribution in [3.05, 3.63) is 95.6 Å². The first-order valence-corrected chi connectivity index (χ1v) is 13.7. The third-order valence-corrected chi connectivity index (χ3v) is 7.28. The van der Waals surface area contributed by atoms with Gasteiger partial charge in [-0.1, -0.05) is 72.8 Å². The summed E-state index contributed by atoms with van der Waals surface area (Å²) in [6, 6.07) is 24.8. The molecule has 0 bridgehead atoms. The predicted octanol–water partition coefficient (Wildman–Crippen LogP) is 4.01. The van der Waals surface area contributed by atoms with E-state index in [9.17, 15) is 19.6 Å². The molecule has 0 saturated heterocycles. The lowest BCUT2D eigenvalue weighted by molar-refractivity contribution is -0.138. The van der Waals surface area contributed by atoms with E-state index < -0.39 is 24.0 Å². The van der Waals surface area contributed by atoms with Crippen LogP contribution in [-0.4, -0.2) is 40.7 Å². The third-order valence-electron chi connectivity index (χ3n) is 6.18. The predicted molar refractivity (Wildman–Crippen MR) is 153 cm³/mol. The molecule has 0 unspecified atom stereocenters. The van der Waals surface area contributed by atoms with E-state index in [2.05, 4.69) is 16.7 Å². The van der Waals surface area contributed by atoms with Gasteiger partial charge < -0.3 is 21.5 Å². The second-order valence-electron chi connectivity index (χ2n) is 9.11. The van der Waals surface area contributed by atoms with Crippen LogP contribution in [0.3, 0.4) is 0 Å². The molecule has 0 aliphatic rings. The maximum Gasteiger partial charge on any atom is 0.320 e. The molecule has 3 rings (SSSR count). The van der Waals surface area contributed by atoms with Crippen LogP contribution in [0.4, 0.5) is 0 Å². The highest BCUT2D eigenvalue weighted by molar-refractivity contribution is 7.98. The third kappa shape index (κ3) is 8.99. The number of carboxylic acid groups (broad SMARTS) is 1. The van der Waals surface area contributed by atoms with Gasteiger partial charge in [0, 0.05) is 17.9 Å². The zero-order valence-corrected chi connectivity index (χ0v) is 22.5. The molecule has 0 spiro atoms. The summed E-state index contributed by atoms with van der Waals surface area (Å²) in [6.45, 7) is 1.87. The van der Waals surface area contributed by atoms with Crippen molar-refractivity contribution in [1.29, 1.82) is 5.26 Å². The van der Waals surface area contributed by atoms with E-state index in [4.69, 9.17) is 10.8 Å². The smallest absolute Gasteiger partial charge is 0.320 e. The molecule has 39 heavy (non-hydrogen) atoms. The highest BCUT2D eigenvalue weighted by Gasteiger charge is 2.23. The number of carbonyl (C=O) groups excluding carboxylic acids is 2. The average Bonchev–Trinajstić information content (AvgIpc) is 2.96. The fourth-order valence-corrected chi connectivity index (χ4v) is 4.92. The standard InChI is InChI=1S/C30H32N4O4S/c1-20(22-7-3-2-4-8-22)33-29(36)27(34-28(35)16-15-26(32)30(37)38)19-39-18-21-11-13-23(14-12-21)25-10-6-5-9-24(25)17-31/h2-14,20,26-27H,15-16,18-19,32H2,1H3,(H,33,36)(H,34,35)(H,37,38)/t20-,26-,27-/m0/s1. The molecule has 3 atom stereocenters. The number of aliphatic carboxylic acids is 1. The van der Waals surface area contributed by atoms with E-state index in [1.165, 1.54) is 11.8 Å². The SMILES string of the molecule is C[C@H](NC(=O)[C@H](CSCc1ccc(-c2ccccc2C#N)cc1)NC(=O)CC[C@H](N)C(=O)O)c1ccccc1. The lowest BCUT2D eigenvalue weighted by Gasteiger charge is -2.22. The molecular formula is C30H32N4O4S. The number of benzene rings is 3. The van der Waals surface area contributed by atoms with Crippen LogP contribution in [0.2, 0.25) is 0 Å². The molecule has 0 aromatic heterocycles. The van der Waals surface area contributed by atoms with Crippen LogP contribution in [0.1, 0.15) is 42.5 Å². The van der Waals surface area contributed by atoms with Crippen molar-refractivity contribution < 1.29 is 19.5 Å². The van der Waals surface area contributed by atoms with Crippen molar-refractivity contribution in [2.75, 3.05) is 5.75 Å². The fraction of sp³-hybridized carbons (Fsp3) is 0.267. The van der Waals surface area contributed by atoms with Crippen molar-refractivity contribution in [2.24, 2.45) is 5.73 Å². The van der Waals surface area contributed by atoms with Gasteiger partial charge >= 0.3 is 5.97 Å². The summed E-state index contributed by atoms with van der Waals surface area (Å²) in [5.41, 5.74) is 9.91. The Morgan fingerprint density at radius 3 is 2.31 bits per heavy atom. The molecule has 0 heterocycles. The van der Waals surface area contributed by atoms with E-state index in [0.717, 1.165) is 22.3 Å². The first-order valence-electron chi connectivity index (χ1n) is 12.6. The van der Waals surface area contributed by atoms with Gasteiger partial charge in [0.05, 0.1) is 17.7 Å². The van der Waals surface area contributed by atoms with Crippen LogP contribution in [0.25, 0.3) is 11.1 Å². The Bertz CT molecular complexity index is 1310. The van der Waals surface area contributed by atoms with Crippen LogP contribution >= 0.6 is 11.8 Å². The maximum absolute atomic E-state index is 13.1. The quantitative estimate of drug-likeness (QED) is 0.254. The van der Waals surface area contributed by atoms with Gasteiger partial charge in [-0.2, -0.15) is 17.0 Å². The van der Waals surface area contributed by atoms with Gasteiger partial charge in [0.15, 0.2) is 0 Å². The van der Waals surface area contributed by atoms with Crippen molar-refractivity contribution in [1.82, 2.24) is 10.6 Å². The summed E-state index contributed by atoms with van der Waals surface area (Å²) in [4.78, 5) is 36.6. The summed E-state index contributed by atoms with van der Waals surface area (Å²) in [5, 5.41) is 24.0. The van der Waals surface area contributed by atoms with Crippen molar-refractivity contribution >= 4 is 29.5 Å². The number of nitriles is 1. The van der Waals surface area contributed by atoms with Crippen LogP contribution in [-0.2, 0) is 20.1 Å². The number of nitrogens with zero attached hydrogens (tertiary/aromatic N) is 1. The number of hydrogen-bond acceptors (Lipinski definition) is 6. The van der Waals surface area contributed by atoms with E-state index in [-0.39, 0.29) is 24.8 Å². The first kappa shape index (κ1) is 29.4. The molecule has 3 aromatic rings. The number of carboxylic acids is 1. The Balaban J connectivity index is 1.62. The summed E-state index contributed by atoms with van der Waals surface area (Å²) in [6.07, 6.45) is -0.119. The van der Waals surface area contributed by atoms with Gasteiger partial charge in [0.2, 0.25) is 11.8 Å². The van der Waals surface area contributed by atoms with E-state index in [0.29, 0.717) is 17.1 Å². The summed E-state index contributed by atoms with van der Waals surface area (Å²) < 4.78 is 0. The highest BCUT2D eigenvalue weighted by Crippen LogP contribution is 2.25. The number of thioether (sulfide) groups is 1. The number of carbonyl (C=O) groups is 3. The number of amides is 2. The van der Waals surface area contributed by atoms with Crippen LogP contribution in [0.15, 0.2) is 78.9 Å². The summed E-state index contributed by atoms with van der Waals surface area (Å²) >= 11 is 1.50. The Morgan fingerprint density at radius 2 is 1.64 bits per heavy atom. The number of rotatable bonds is 13. The minimum absolute atomic E-state index is 0.0235. The molecule has 2 amide bonds. The molecule has 202 valence electrons. The Labute approximate surface area is 232 Å². The minimum atomic E-state index is -1.17. The molecule has 9 heteroatoms. The van der Waals surface area contributed by atoms with Crippen LogP contribution in [0.5, 0.6) is 0 Å². The molecule has 0 aliphatic carbocycles. The van der Waals surface area contributed by atoms with Gasteiger partial charge in [-0.25, -0.2) is 0 Å². The molecular weight excluding hydrogens is 512 g/mol. The average molecular weight is 545 g/mol. The largest absolute Gasteiger partial charge is 0.480 e. The zero-order valence-electron chi connectivity index (χ0n) is 21.7. The van der Waals surface area contributed by atoms with Gasteiger partial charge in [0.25, 0.3) is 0 Å². The van der Waals surface area contributed by atoms with Gasteiger partial charge in [-0.15, -0.1) is 0 Å². The molecule has 8 nitrogen and oxygen atoms in total. The zero-order chi connectivity index (χ0) is 28.2. The molecule has 0 fully saturated rings. The van der Waals surface area contributed by atoms with Crippen molar-refractivity contribution in [2.45, 2.75) is 43.6 Å². The van der Waals surface area contributed by atoms with Gasteiger partial charge in [-0.05, 0) is 41.7 Å². The number of hydrogen-bond donors (Lipinski definition) is 4. The van der Waals surface area contributed by atoms with Crippen molar-refractivity contribution in [3.63, 3.8) is 0 Å². The molecule has 0 radical (unpaired) electrons. The van der Waals surface area contributed by atoms with Crippen molar-refractivity contribution in [3.8, 4) is 17.2 Å². The number of nitrogens with two attached hydrogens (primary N) is 1. The van der Waals surface area contributed by atoms with E-state index in [1.54, 1.807) is 6.07 Å². The van der Waals surface area contributed by atoms with Crippen LogP contribution in [0, 0.1) is 11.3 Å². The second kappa shape index (κ2) is 14.7. The number of nitrogens with one attached hydrogen (secondary N) is 2. The van der Waals surface area contributed by atoms with E-state index >= 15 is 0 Å². The lowest BCUT2D eigenvalue weighted by atomic mass is 10.00. The van der Waals surface area contributed by atoms with E-state index in [1.807, 2.05) is 79.7 Å². The summed E-state index contributed by atoms with van der Waals surface area (Å²) in [7, 11) is 0. The lowest BCUT2D eigenvalue weighted by Crippen LogP contribution is -2.49. The van der Waals surface area contributed by atoms with Gasteiger partial charge in [0.1, 0.15) is 12.1 Å². The molecule has 0 aliphatic heterocycles. The van der Waals surface area contributed by atoms with Crippen LogP contribution < -0.4 is 16.4 Å². The Kier molecular flexibility index (Phi) is 11.1. The highest BCUT2D eigenvalue weighted by atomic mass is 32.2. The first-order chi connectivity index (χ1) is 18.8. The Hall–Kier alpha value is -4.13. The second-order valence-corrected chi connectivity index (χ2v) is 10.1. The van der Waals surface area contributed by atoms with Gasteiger partial charge in [-0.3, -0.25) is 14.4 Å². The normalized spacial score (nSPS) is 12.9. The monoisotopic (exact) mass is 544 g/mol. The summed E-state index contributed by atoms with van der Waals surface area (Å²) in [5.74, 6) is -0.994. The fourth-order valence-electron chi connectivity index (χ4n) is 3.91. The maximum atomic E-state index is 13.1. The Morgan fingerprint density at radius 1 is 0.974 bits per heavy atom. The molecule has 0 saturated carbocycles. The topological polar surface area (TPSA) is 145 Å². The molecule has 5 N–H and O–H groups in total. The molecule has 3 aromatic carbocycles. The minimum Gasteiger partial charge on any atom is -0.480 e.